The molecule has 1 atom stereocenters. The van der Waals surface area contributed by atoms with Gasteiger partial charge in [-0.3, -0.25) is 0 Å². The van der Waals surface area contributed by atoms with Crippen LogP contribution in [0.1, 0.15) is 19.3 Å². The molecule has 0 bridgehead atoms. The molecule has 66 valence electrons. The highest BCUT2D eigenvalue weighted by molar-refractivity contribution is 6.83. The van der Waals surface area contributed by atoms with Crippen molar-refractivity contribution in [2.75, 3.05) is 0 Å². The Morgan fingerprint density at radius 1 is 1.33 bits per heavy atom. The maximum absolute atomic E-state index is 3.43. The summed E-state index contributed by atoms with van der Waals surface area (Å²) in [6, 6.07) is 0. The van der Waals surface area contributed by atoms with E-state index in [0.29, 0.717) is 5.92 Å². The first-order chi connectivity index (χ1) is 5.58. The lowest BCUT2D eigenvalue weighted by atomic mass is 9.97. The molecule has 0 radical (unpaired) electrons. The molecule has 0 fully saturated rings. The fraction of sp³-hybridized carbons (Fsp3) is 0.636. The average Bonchev–Trinajstić information content (AvgIpc) is 2.02. The van der Waals surface area contributed by atoms with Gasteiger partial charge in [0.05, 0.1) is 0 Å². The van der Waals surface area contributed by atoms with Gasteiger partial charge >= 0.3 is 0 Å². The topological polar surface area (TPSA) is 0 Å². The number of hydrogen-bond acceptors (Lipinski definition) is 0. The maximum Gasteiger partial charge on any atom is 0.129 e. The third-order valence-corrected chi connectivity index (χ3v) is 2.78. The molecule has 0 aromatic rings. The zero-order valence-corrected chi connectivity index (χ0v) is 9.35. The average molecular weight is 178 g/mol. The van der Waals surface area contributed by atoms with Crippen LogP contribution >= 0.6 is 0 Å². The van der Waals surface area contributed by atoms with Crippen molar-refractivity contribution in [3.63, 3.8) is 0 Å². The van der Waals surface area contributed by atoms with Gasteiger partial charge in [0.2, 0.25) is 0 Å². The van der Waals surface area contributed by atoms with Gasteiger partial charge in [-0.2, -0.15) is 0 Å². The minimum Gasteiger partial charge on any atom is -0.131 e. The molecule has 1 aliphatic carbocycles. The fourth-order valence-corrected chi connectivity index (χ4v) is 1.86. The zero-order chi connectivity index (χ0) is 9.03. The number of allylic oxidation sites excluding steroid dienone is 2. The minimum atomic E-state index is -1.14. The van der Waals surface area contributed by atoms with E-state index < -0.39 is 8.07 Å². The van der Waals surface area contributed by atoms with Gasteiger partial charge in [-0.15, -0.1) is 11.5 Å². The first-order valence-electron chi connectivity index (χ1n) is 4.77. The monoisotopic (exact) mass is 178 g/mol. The van der Waals surface area contributed by atoms with Gasteiger partial charge in [-0.1, -0.05) is 31.8 Å². The van der Waals surface area contributed by atoms with Crippen LogP contribution in [0.4, 0.5) is 0 Å². The van der Waals surface area contributed by atoms with Gasteiger partial charge in [0.1, 0.15) is 8.07 Å². The Labute approximate surface area is 77.1 Å². The van der Waals surface area contributed by atoms with Gasteiger partial charge in [-0.25, -0.2) is 0 Å². The van der Waals surface area contributed by atoms with E-state index in [9.17, 15) is 0 Å². The fourth-order valence-electron chi connectivity index (χ4n) is 1.24. The molecule has 1 rings (SSSR count). The van der Waals surface area contributed by atoms with Gasteiger partial charge < -0.3 is 0 Å². The van der Waals surface area contributed by atoms with Crippen molar-refractivity contribution in [3.05, 3.63) is 12.2 Å². The second-order valence-corrected chi connectivity index (χ2v) is 9.23. The molecular weight excluding hydrogens is 160 g/mol. The van der Waals surface area contributed by atoms with Crippen molar-refractivity contribution in [2.24, 2.45) is 5.92 Å². The van der Waals surface area contributed by atoms with Crippen molar-refractivity contribution >= 4 is 8.07 Å². The molecule has 0 N–H and O–H groups in total. The van der Waals surface area contributed by atoms with E-state index in [2.05, 4.69) is 43.3 Å². The van der Waals surface area contributed by atoms with Crippen LogP contribution in [-0.4, -0.2) is 8.07 Å². The smallest absolute Gasteiger partial charge is 0.129 e. The molecule has 0 saturated carbocycles. The van der Waals surface area contributed by atoms with E-state index in [0.717, 1.165) is 0 Å². The molecule has 0 heterocycles. The first kappa shape index (κ1) is 9.60. The summed E-state index contributed by atoms with van der Waals surface area (Å²) in [6.07, 6.45) is 8.39. The number of hydrogen-bond donors (Lipinski definition) is 0. The van der Waals surface area contributed by atoms with E-state index in [1.165, 1.54) is 19.3 Å². The summed E-state index contributed by atoms with van der Waals surface area (Å²) in [5.74, 6) is 3.95. The van der Waals surface area contributed by atoms with E-state index in [1.807, 2.05) is 0 Å². The molecule has 12 heavy (non-hydrogen) atoms. The zero-order valence-electron chi connectivity index (χ0n) is 8.35. The van der Waals surface area contributed by atoms with Crippen molar-refractivity contribution < 1.29 is 0 Å². The van der Waals surface area contributed by atoms with Gasteiger partial charge in [-0.05, 0) is 19.3 Å². The standard InChI is InChI=1S/C11H18Si/c1-12(2,3)10-9-11-7-5-4-6-8-11/h5,7,11H,4,6,8H2,1-3H3/t11-/m1/s1. The Kier molecular flexibility index (Phi) is 3.17. The van der Waals surface area contributed by atoms with E-state index in [1.54, 1.807) is 0 Å². The summed E-state index contributed by atoms with van der Waals surface area (Å²) < 4.78 is 0. The normalized spacial score (nSPS) is 23.1. The molecule has 0 nitrogen and oxygen atoms in total. The Morgan fingerprint density at radius 3 is 2.58 bits per heavy atom. The third kappa shape index (κ3) is 3.78. The molecule has 0 spiro atoms. The van der Waals surface area contributed by atoms with E-state index in [4.69, 9.17) is 0 Å². The predicted octanol–water partition coefficient (Wildman–Crippen LogP) is 3.22. The maximum atomic E-state index is 3.43. The van der Waals surface area contributed by atoms with Gasteiger partial charge in [0, 0.05) is 5.92 Å². The minimum absolute atomic E-state index is 0.561. The Bertz CT molecular complexity index is 222. The highest BCUT2D eigenvalue weighted by Gasteiger charge is 2.09. The summed E-state index contributed by atoms with van der Waals surface area (Å²) in [4.78, 5) is 0. The van der Waals surface area contributed by atoms with Crippen LogP contribution in [0.25, 0.3) is 0 Å². The molecular formula is C11H18Si. The van der Waals surface area contributed by atoms with Crippen LogP contribution in [0, 0.1) is 17.4 Å². The summed E-state index contributed by atoms with van der Waals surface area (Å²) in [6.45, 7) is 6.89. The van der Waals surface area contributed by atoms with Crippen LogP contribution in [-0.2, 0) is 0 Å². The van der Waals surface area contributed by atoms with Crippen molar-refractivity contribution in [2.45, 2.75) is 38.9 Å². The lowest BCUT2D eigenvalue weighted by Crippen LogP contribution is -2.17. The van der Waals surface area contributed by atoms with Crippen molar-refractivity contribution in [3.8, 4) is 11.5 Å². The summed E-state index contributed by atoms with van der Waals surface area (Å²) in [5.41, 5.74) is 3.43. The summed E-state index contributed by atoms with van der Waals surface area (Å²) in [7, 11) is -1.14. The Balaban J connectivity index is 2.53. The van der Waals surface area contributed by atoms with Crippen LogP contribution < -0.4 is 0 Å². The quantitative estimate of drug-likeness (QED) is 0.303. The summed E-state index contributed by atoms with van der Waals surface area (Å²) >= 11 is 0. The van der Waals surface area contributed by atoms with Crippen LogP contribution in [0.5, 0.6) is 0 Å². The predicted molar refractivity (Wildman–Crippen MR) is 57.6 cm³/mol. The highest BCUT2D eigenvalue weighted by atomic mass is 28.3. The number of rotatable bonds is 0. The summed E-state index contributed by atoms with van der Waals surface area (Å²) in [5, 5.41) is 0. The van der Waals surface area contributed by atoms with Crippen molar-refractivity contribution in [1.82, 2.24) is 0 Å². The molecule has 0 aliphatic heterocycles. The van der Waals surface area contributed by atoms with Crippen LogP contribution in [0.2, 0.25) is 19.6 Å². The molecule has 0 aromatic carbocycles. The van der Waals surface area contributed by atoms with Gasteiger partial charge in [0.25, 0.3) is 0 Å². The SMILES string of the molecule is C[Si](C)(C)C#C[C@@H]1C=CCCC1. The molecule has 1 heteroatoms. The van der Waals surface area contributed by atoms with E-state index in [-0.39, 0.29) is 0 Å². The van der Waals surface area contributed by atoms with Crippen molar-refractivity contribution in [1.29, 1.82) is 0 Å². The van der Waals surface area contributed by atoms with Gasteiger partial charge in [0.15, 0.2) is 0 Å². The van der Waals surface area contributed by atoms with E-state index >= 15 is 0 Å². The lowest BCUT2D eigenvalue weighted by molar-refractivity contribution is 0.645. The first-order valence-corrected chi connectivity index (χ1v) is 8.27. The molecule has 0 aromatic heterocycles. The van der Waals surface area contributed by atoms with Crippen LogP contribution in [0.3, 0.4) is 0 Å². The van der Waals surface area contributed by atoms with Crippen LogP contribution in [0.15, 0.2) is 12.2 Å². The second-order valence-electron chi connectivity index (χ2n) is 4.48. The lowest BCUT2D eigenvalue weighted by Gasteiger charge is -2.10. The third-order valence-electron chi connectivity index (χ3n) is 1.89. The second kappa shape index (κ2) is 3.96. The molecule has 0 unspecified atom stereocenters. The molecule has 0 saturated heterocycles. The highest BCUT2D eigenvalue weighted by Crippen LogP contribution is 2.16. The molecule has 0 amide bonds. The Morgan fingerprint density at radius 2 is 2.08 bits per heavy atom. The Hall–Kier alpha value is -0.483. The molecule has 1 aliphatic rings. The largest absolute Gasteiger partial charge is 0.131 e.